The fourth-order valence-electron chi connectivity index (χ4n) is 3.82. The molecule has 0 saturated carbocycles. The number of pyridine rings is 1. The van der Waals surface area contributed by atoms with E-state index in [-0.39, 0.29) is 17.4 Å². The van der Waals surface area contributed by atoms with Crippen molar-refractivity contribution < 1.29 is 14.3 Å². The third kappa shape index (κ3) is 3.54. The summed E-state index contributed by atoms with van der Waals surface area (Å²) in [6.45, 7) is 1.19. The third-order valence-electron chi connectivity index (χ3n) is 5.49. The molecule has 3 N–H and O–H groups in total. The number of nitrogens with one attached hydrogen (secondary N) is 1. The summed E-state index contributed by atoms with van der Waals surface area (Å²) in [6.07, 6.45) is 2.90. The Morgan fingerprint density at radius 3 is 2.57 bits per heavy atom. The molecule has 0 spiro atoms. The topological polar surface area (TPSA) is 123 Å². The summed E-state index contributed by atoms with van der Waals surface area (Å²) in [5.74, 6) is 1.21. The van der Waals surface area contributed by atoms with Gasteiger partial charge in [-0.15, -0.1) is 0 Å². The van der Waals surface area contributed by atoms with Crippen LogP contribution in [0.25, 0.3) is 22.2 Å². The summed E-state index contributed by atoms with van der Waals surface area (Å²) in [5.41, 5.74) is 6.99. The fourth-order valence-corrected chi connectivity index (χ4v) is 3.82. The van der Waals surface area contributed by atoms with Crippen LogP contribution in [-0.4, -0.2) is 48.2 Å². The SMILES string of the molecule is COc1ccc(-c2ccnc3nc(N4CCC(C(N)=O)CC4)[nH]c(=O)c23)cc1OC. The molecule has 2 aromatic heterocycles. The van der Waals surface area contributed by atoms with E-state index in [1.165, 1.54) is 0 Å². The fraction of sp³-hybridized carbons (Fsp3) is 0.333. The maximum atomic E-state index is 13.0. The molecule has 9 nitrogen and oxygen atoms in total. The second kappa shape index (κ2) is 8.02. The van der Waals surface area contributed by atoms with Crippen molar-refractivity contribution >= 4 is 22.9 Å². The summed E-state index contributed by atoms with van der Waals surface area (Å²) in [4.78, 5) is 38.1. The van der Waals surface area contributed by atoms with Gasteiger partial charge in [-0.05, 0) is 42.2 Å². The van der Waals surface area contributed by atoms with Crippen molar-refractivity contribution in [2.75, 3.05) is 32.2 Å². The van der Waals surface area contributed by atoms with Gasteiger partial charge in [0.1, 0.15) is 0 Å². The molecule has 1 aliphatic heterocycles. The minimum atomic E-state index is -0.282. The molecule has 3 aromatic rings. The molecule has 1 amide bonds. The van der Waals surface area contributed by atoms with Gasteiger partial charge < -0.3 is 20.1 Å². The minimum Gasteiger partial charge on any atom is -0.493 e. The van der Waals surface area contributed by atoms with Gasteiger partial charge in [-0.1, -0.05) is 6.07 Å². The lowest BCUT2D eigenvalue weighted by atomic mass is 9.96. The van der Waals surface area contributed by atoms with Gasteiger partial charge in [0.15, 0.2) is 17.1 Å². The normalized spacial score (nSPS) is 14.7. The van der Waals surface area contributed by atoms with Gasteiger partial charge in [0.05, 0.1) is 19.6 Å². The summed E-state index contributed by atoms with van der Waals surface area (Å²) in [5, 5.41) is 0.403. The van der Waals surface area contributed by atoms with Crippen molar-refractivity contribution in [3.05, 3.63) is 40.8 Å². The molecule has 1 aliphatic rings. The number of nitrogens with zero attached hydrogens (tertiary/aromatic N) is 3. The monoisotopic (exact) mass is 409 g/mol. The van der Waals surface area contributed by atoms with E-state index < -0.39 is 0 Å². The number of anilines is 1. The average Bonchev–Trinajstić information content (AvgIpc) is 2.78. The van der Waals surface area contributed by atoms with Crippen LogP contribution >= 0.6 is 0 Å². The summed E-state index contributed by atoms with van der Waals surface area (Å²) in [7, 11) is 3.14. The zero-order valence-electron chi connectivity index (χ0n) is 16.8. The zero-order valence-corrected chi connectivity index (χ0v) is 16.8. The molecule has 1 saturated heterocycles. The molecule has 0 radical (unpaired) electrons. The lowest BCUT2D eigenvalue weighted by molar-refractivity contribution is -0.122. The summed E-state index contributed by atoms with van der Waals surface area (Å²) in [6, 6.07) is 7.24. The first-order valence-electron chi connectivity index (χ1n) is 9.67. The van der Waals surface area contributed by atoms with E-state index in [1.807, 2.05) is 17.0 Å². The first-order chi connectivity index (χ1) is 14.5. The van der Waals surface area contributed by atoms with Gasteiger partial charge in [-0.25, -0.2) is 4.98 Å². The third-order valence-corrected chi connectivity index (χ3v) is 5.49. The number of carbonyl (C=O) groups excluding carboxylic acids is 1. The largest absolute Gasteiger partial charge is 0.493 e. The van der Waals surface area contributed by atoms with Crippen molar-refractivity contribution in [3.8, 4) is 22.6 Å². The number of ether oxygens (including phenoxy) is 2. The van der Waals surface area contributed by atoms with Crippen LogP contribution in [0, 0.1) is 5.92 Å². The number of benzene rings is 1. The second-order valence-electron chi connectivity index (χ2n) is 7.18. The molecule has 30 heavy (non-hydrogen) atoms. The smallest absolute Gasteiger partial charge is 0.262 e. The Morgan fingerprint density at radius 2 is 1.90 bits per heavy atom. The lowest BCUT2D eigenvalue weighted by Crippen LogP contribution is -2.40. The highest BCUT2D eigenvalue weighted by Crippen LogP contribution is 2.34. The van der Waals surface area contributed by atoms with Crippen LogP contribution in [0.5, 0.6) is 11.5 Å². The van der Waals surface area contributed by atoms with Crippen molar-refractivity contribution in [3.63, 3.8) is 0 Å². The van der Waals surface area contributed by atoms with Crippen LogP contribution in [0.2, 0.25) is 0 Å². The van der Waals surface area contributed by atoms with Crippen molar-refractivity contribution in [1.82, 2.24) is 15.0 Å². The maximum absolute atomic E-state index is 13.0. The quantitative estimate of drug-likeness (QED) is 0.657. The van der Waals surface area contributed by atoms with Gasteiger partial charge in [-0.3, -0.25) is 14.6 Å². The number of amides is 1. The molecule has 1 aromatic carbocycles. The van der Waals surface area contributed by atoms with Gasteiger partial charge in [0, 0.05) is 25.2 Å². The Labute approximate surface area is 172 Å². The Balaban J connectivity index is 1.73. The second-order valence-corrected chi connectivity index (χ2v) is 7.18. The predicted octanol–water partition coefficient (Wildman–Crippen LogP) is 1.70. The van der Waals surface area contributed by atoms with Gasteiger partial charge >= 0.3 is 0 Å². The highest BCUT2D eigenvalue weighted by molar-refractivity contribution is 5.92. The van der Waals surface area contributed by atoms with Crippen LogP contribution in [0.4, 0.5) is 5.95 Å². The number of methoxy groups -OCH3 is 2. The number of hydrogen-bond acceptors (Lipinski definition) is 7. The molecule has 156 valence electrons. The Kier molecular flexibility index (Phi) is 5.26. The van der Waals surface area contributed by atoms with E-state index in [4.69, 9.17) is 15.2 Å². The first-order valence-corrected chi connectivity index (χ1v) is 9.67. The number of H-pyrrole nitrogens is 1. The van der Waals surface area contributed by atoms with Gasteiger partial charge in [0.2, 0.25) is 11.9 Å². The van der Waals surface area contributed by atoms with E-state index in [0.29, 0.717) is 60.0 Å². The number of fused-ring (bicyclic) bond motifs is 1. The predicted molar refractivity (Wildman–Crippen MR) is 113 cm³/mol. The number of aromatic nitrogens is 3. The van der Waals surface area contributed by atoms with Crippen LogP contribution in [0.15, 0.2) is 35.3 Å². The van der Waals surface area contributed by atoms with E-state index in [9.17, 15) is 9.59 Å². The average molecular weight is 409 g/mol. The van der Waals surface area contributed by atoms with E-state index in [0.717, 1.165) is 5.56 Å². The Morgan fingerprint density at radius 1 is 1.17 bits per heavy atom. The summed E-state index contributed by atoms with van der Waals surface area (Å²) < 4.78 is 10.7. The van der Waals surface area contributed by atoms with Crippen LogP contribution in [-0.2, 0) is 4.79 Å². The number of piperidine rings is 1. The Hall–Kier alpha value is -3.62. The highest BCUT2D eigenvalue weighted by atomic mass is 16.5. The Bertz CT molecular complexity index is 1150. The van der Waals surface area contributed by atoms with Crippen molar-refractivity contribution in [1.29, 1.82) is 0 Å². The van der Waals surface area contributed by atoms with Crippen LogP contribution in [0.1, 0.15) is 12.8 Å². The molecular formula is C21H23N5O4. The first kappa shape index (κ1) is 19.7. The molecule has 0 aliphatic carbocycles. The molecule has 0 bridgehead atoms. The summed E-state index contributed by atoms with van der Waals surface area (Å²) >= 11 is 0. The zero-order chi connectivity index (χ0) is 21.3. The molecule has 9 heteroatoms. The van der Waals surface area contributed by atoms with E-state index >= 15 is 0 Å². The molecule has 0 unspecified atom stereocenters. The number of hydrogen-bond donors (Lipinski definition) is 2. The highest BCUT2D eigenvalue weighted by Gasteiger charge is 2.25. The molecule has 4 rings (SSSR count). The standard InChI is InChI=1S/C21H23N5O4/c1-29-15-4-3-13(11-16(15)30-2)14-5-8-23-19-17(14)20(28)25-21(24-19)26-9-6-12(7-10-26)18(22)27/h3-5,8,11-12H,6-7,9-10H2,1-2H3,(H2,22,27)(H,23,24,25,28). The van der Waals surface area contributed by atoms with Crippen LogP contribution in [0.3, 0.4) is 0 Å². The lowest BCUT2D eigenvalue weighted by Gasteiger charge is -2.30. The van der Waals surface area contributed by atoms with E-state index in [2.05, 4.69) is 15.0 Å². The van der Waals surface area contributed by atoms with E-state index in [1.54, 1.807) is 32.5 Å². The number of primary amides is 1. The maximum Gasteiger partial charge on any atom is 0.262 e. The van der Waals surface area contributed by atoms with Gasteiger partial charge in [-0.2, -0.15) is 4.98 Å². The minimum absolute atomic E-state index is 0.136. The van der Waals surface area contributed by atoms with Crippen molar-refractivity contribution in [2.45, 2.75) is 12.8 Å². The molecule has 3 heterocycles. The number of rotatable bonds is 5. The van der Waals surface area contributed by atoms with Crippen molar-refractivity contribution in [2.24, 2.45) is 11.7 Å². The molecular weight excluding hydrogens is 386 g/mol. The number of nitrogens with two attached hydrogens (primary N) is 1. The number of carbonyl (C=O) groups is 1. The number of aromatic amines is 1. The molecule has 0 atom stereocenters. The van der Waals surface area contributed by atoms with Crippen LogP contribution < -0.4 is 25.7 Å². The van der Waals surface area contributed by atoms with Gasteiger partial charge in [0.25, 0.3) is 5.56 Å². The molecule has 1 fully saturated rings.